The third kappa shape index (κ3) is 8.13. The van der Waals surface area contributed by atoms with Crippen molar-refractivity contribution in [2.75, 3.05) is 17.2 Å². The SMILES string of the molecule is CCCc1ccc(C)cc1N1CCCSC1=NC(=O)N=CCc1ccc(-c2ncn(-c3ccc(OC(F)(F)F)cc3)n2)cc1. The topological polar surface area (TPSA) is 85.0 Å². The molecule has 1 aliphatic rings. The van der Waals surface area contributed by atoms with Crippen LogP contribution in [0.5, 0.6) is 5.75 Å². The van der Waals surface area contributed by atoms with Crippen molar-refractivity contribution in [1.82, 2.24) is 14.8 Å². The van der Waals surface area contributed by atoms with Crippen LogP contribution in [0.25, 0.3) is 17.1 Å². The fraction of sp³-hybridized carbons (Fsp3) is 0.281. The number of hydrogen-bond acceptors (Lipinski definition) is 5. The molecule has 1 saturated heterocycles. The number of thioether (sulfide) groups is 1. The Balaban J connectivity index is 1.20. The highest BCUT2D eigenvalue weighted by Gasteiger charge is 2.31. The summed E-state index contributed by atoms with van der Waals surface area (Å²) in [5.41, 5.74) is 5.77. The maximum Gasteiger partial charge on any atom is 0.573 e. The Bertz CT molecular complexity index is 1650. The molecule has 3 aromatic carbocycles. The third-order valence-corrected chi connectivity index (χ3v) is 7.86. The van der Waals surface area contributed by atoms with Gasteiger partial charge in [-0.2, -0.15) is 4.99 Å². The Morgan fingerprint density at radius 3 is 2.59 bits per heavy atom. The maximum atomic E-state index is 12.7. The number of carbonyl (C=O) groups is 1. The van der Waals surface area contributed by atoms with Gasteiger partial charge in [0.2, 0.25) is 0 Å². The number of aryl methyl sites for hydroxylation is 2. The van der Waals surface area contributed by atoms with Crippen molar-refractivity contribution in [3.05, 3.63) is 89.7 Å². The third-order valence-electron chi connectivity index (χ3n) is 6.80. The Labute approximate surface area is 257 Å². The largest absolute Gasteiger partial charge is 0.573 e. The van der Waals surface area contributed by atoms with E-state index < -0.39 is 12.4 Å². The van der Waals surface area contributed by atoms with E-state index in [0.717, 1.165) is 48.4 Å². The summed E-state index contributed by atoms with van der Waals surface area (Å²) < 4.78 is 42.6. The van der Waals surface area contributed by atoms with Crippen molar-refractivity contribution in [2.45, 2.75) is 45.9 Å². The van der Waals surface area contributed by atoms with Gasteiger partial charge in [-0.3, -0.25) is 0 Å². The van der Waals surface area contributed by atoms with Crippen molar-refractivity contribution >= 4 is 34.9 Å². The number of benzene rings is 3. The van der Waals surface area contributed by atoms with Gasteiger partial charge in [0.1, 0.15) is 12.1 Å². The molecule has 1 fully saturated rings. The molecule has 8 nitrogen and oxygen atoms in total. The number of carbonyl (C=O) groups excluding carboxylic acids is 1. The van der Waals surface area contributed by atoms with Crippen LogP contribution in [0.4, 0.5) is 23.7 Å². The molecule has 1 aromatic heterocycles. The van der Waals surface area contributed by atoms with Gasteiger partial charge in [-0.05, 0) is 66.8 Å². The minimum absolute atomic E-state index is 0.312. The summed E-state index contributed by atoms with van der Waals surface area (Å²) >= 11 is 1.58. The van der Waals surface area contributed by atoms with Gasteiger partial charge in [0, 0.05) is 36.2 Å². The Hall–Kier alpha value is -4.45. The van der Waals surface area contributed by atoms with E-state index in [1.165, 1.54) is 46.4 Å². The molecular formula is C32H31F3N6O2S. The molecule has 2 amide bonds. The van der Waals surface area contributed by atoms with E-state index in [1.807, 2.05) is 24.3 Å². The highest BCUT2D eigenvalue weighted by atomic mass is 32.2. The molecule has 0 spiro atoms. The number of aromatic nitrogens is 3. The number of nitrogens with zero attached hydrogens (tertiary/aromatic N) is 6. The van der Waals surface area contributed by atoms with Gasteiger partial charge in [-0.15, -0.1) is 18.3 Å². The predicted molar refractivity (Wildman–Crippen MR) is 168 cm³/mol. The summed E-state index contributed by atoms with van der Waals surface area (Å²) in [7, 11) is 0. The molecule has 1 aliphatic heterocycles. The van der Waals surface area contributed by atoms with Gasteiger partial charge in [0.25, 0.3) is 0 Å². The first kappa shape index (κ1) is 31.0. The summed E-state index contributed by atoms with van der Waals surface area (Å²) in [5.74, 6) is 1.05. The van der Waals surface area contributed by atoms with E-state index in [1.54, 1.807) is 18.0 Å². The van der Waals surface area contributed by atoms with Crippen molar-refractivity contribution in [3.63, 3.8) is 0 Å². The molecule has 5 rings (SSSR count). The highest BCUT2D eigenvalue weighted by Crippen LogP contribution is 2.30. The van der Waals surface area contributed by atoms with Crippen LogP contribution in [-0.2, 0) is 12.8 Å². The van der Waals surface area contributed by atoms with Crippen LogP contribution in [0.3, 0.4) is 0 Å². The van der Waals surface area contributed by atoms with Crippen molar-refractivity contribution in [3.8, 4) is 22.8 Å². The number of urea groups is 1. The second-order valence-corrected chi connectivity index (χ2v) is 11.2. The first-order valence-corrected chi connectivity index (χ1v) is 15.2. The number of amidine groups is 1. The number of halogens is 3. The Morgan fingerprint density at radius 2 is 1.86 bits per heavy atom. The molecule has 0 atom stereocenters. The van der Waals surface area contributed by atoms with Gasteiger partial charge in [-0.25, -0.2) is 19.5 Å². The van der Waals surface area contributed by atoms with E-state index >= 15 is 0 Å². The van der Waals surface area contributed by atoms with Gasteiger partial charge in [-0.1, -0.05) is 61.5 Å². The number of ether oxygens (including phenoxy) is 1. The standard InChI is InChI=1S/C32H31F3N6O2S/c1-3-5-24-9-6-22(2)20-28(24)40-18-4-19-44-31(40)38-30(42)36-17-16-23-7-10-25(11-8-23)29-37-21-41(39-29)26-12-14-27(15-13-26)43-32(33,34)35/h6-15,17,20-21H,3-5,16,18-19H2,1-2H3. The summed E-state index contributed by atoms with van der Waals surface area (Å²) in [6, 6.07) is 18.8. The molecule has 12 heteroatoms. The molecule has 0 saturated carbocycles. The lowest BCUT2D eigenvalue weighted by atomic mass is 10.0. The summed E-state index contributed by atoms with van der Waals surface area (Å²) in [4.78, 5) is 27.6. The normalized spacial score (nSPS) is 14.8. The minimum atomic E-state index is -4.75. The fourth-order valence-corrected chi connectivity index (χ4v) is 5.68. The lowest BCUT2D eigenvalue weighted by molar-refractivity contribution is -0.274. The lowest BCUT2D eigenvalue weighted by Gasteiger charge is -2.31. The van der Waals surface area contributed by atoms with Crippen LogP contribution in [0, 0.1) is 6.92 Å². The van der Waals surface area contributed by atoms with E-state index in [4.69, 9.17) is 0 Å². The van der Waals surface area contributed by atoms with Crippen LogP contribution in [-0.4, -0.2) is 50.8 Å². The first-order chi connectivity index (χ1) is 21.2. The predicted octanol–water partition coefficient (Wildman–Crippen LogP) is 7.83. The minimum Gasteiger partial charge on any atom is -0.406 e. The fourth-order valence-electron chi connectivity index (χ4n) is 4.73. The van der Waals surface area contributed by atoms with Crippen LogP contribution < -0.4 is 9.64 Å². The van der Waals surface area contributed by atoms with Gasteiger partial charge in [0.05, 0.1) is 5.69 Å². The molecular weight excluding hydrogens is 589 g/mol. The number of amides is 2. The number of rotatable bonds is 8. The average molecular weight is 621 g/mol. The molecule has 0 N–H and O–H groups in total. The lowest BCUT2D eigenvalue weighted by Crippen LogP contribution is -2.35. The Morgan fingerprint density at radius 1 is 1.09 bits per heavy atom. The van der Waals surface area contributed by atoms with E-state index in [2.05, 4.69) is 61.8 Å². The molecule has 2 heterocycles. The quantitative estimate of drug-likeness (QED) is 0.187. The number of anilines is 1. The monoisotopic (exact) mass is 620 g/mol. The average Bonchev–Trinajstić information content (AvgIpc) is 3.49. The smallest absolute Gasteiger partial charge is 0.406 e. The highest BCUT2D eigenvalue weighted by molar-refractivity contribution is 8.14. The van der Waals surface area contributed by atoms with Crippen LogP contribution in [0.2, 0.25) is 0 Å². The summed E-state index contributed by atoms with van der Waals surface area (Å²) in [5, 5.41) is 5.11. The van der Waals surface area contributed by atoms with Crippen molar-refractivity contribution in [1.29, 1.82) is 0 Å². The number of alkyl halides is 3. The summed E-state index contributed by atoms with van der Waals surface area (Å²) in [6.07, 6.45) is 1.76. The van der Waals surface area contributed by atoms with E-state index in [0.29, 0.717) is 23.1 Å². The second-order valence-electron chi connectivity index (χ2n) is 10.2. The summed E-state index contributed by atoms with van der Waals surface area (Å²) in [6.45, 7) is 5.04. The second kappa shape index (κ2) is 13.9. The zero-order chi connectivity index (χ0) is 31.1. The van der Waals surface area contributed by atoms with Crippen molar-refractivity contribution < 1.29 is 22.7 Å². The molecule has 44 heavy (non-hydrogen) atoms. The molecule has 4 aromatic rings. The first-order valence-electron chi connectivity index (χ1n) is 14.2. The molecule has 0 aliphatic carbocycles. The van der Waals surface area contributed by atoms with Gasteiger partial charge >= 0.3 is 12.4 Å². The van der Waals surface area contributed by atoms with E-state index in [9.17, 15) is 18.0 Å². The number of aliphatic imine (C=N–C) groups is 2. The van der Waals surface area contributed by atoms with Crippen LogP contribution in [0.1, 0.15) is 36.5 Å². The maximum absolute atomic E-state index is 12.7. The van der Waals surface area contributed by atoms with Crippen molar-refractivity contribution in [2.24, 2.45) is 9.98 Å². The van der Waals surface area contributed by atoms with Crippen LogP contribution in [0.15, 0.2) is 83.0 Å². The molecule has 0 unspecified atom stereocenters. The molecule has 228 valence electrons. The zero-order valence-electron chi connectivity index (χ0n) is 24.3. The van der Waals surface area contributed by atoms with Gasteiger partial charge < -0.3 is 9.64 Å². The van der Waals surface area contributed by atoms with Gasteiger partial charge in [0.15, 0.2) is 11.0 Å². The Kier molecular flexibility index (Phi) is 9.78. The molecule has 0 radical (unpaired) electrons. The van der Waals surface area contributed by atoms with Crippen LogP contribution >= 0.6 is 11.8 Å². The van der Waals surface area contributed by atoms with E-state index in [-0.39, 0.29) is 5.75 Å². The zero-order valence-corrected chi connectivity index (χ0v) is 25.1. The number of hydrogen-bond donors (Lipinski definition) is 0. The molecule has 0 bridgehead atoms.